The number of hydrogen-bond acceptors (Lipinski definition) is 5. The Hall–Kier alpha value is -3.20. The maximum atomic E-state index is 13.1. The number of carbonyl (C=O) groups excluding carboxylic acids is 1. The topological polar surface area (TPSA) is 57.3 Å². The first-order valence-corrected chi connectivity index (χ1v) is 10.2. The number of hydrogen-bond donors (Lipinski definition) is 0. The third kappa shape index (κ3) is 4.61. The van der Waals surface area contributed by atoms with Gasteiger partial charge in [0.05, 0.1) is 36.0 Å². The molecule has 0 saturated carbocycles. The summed E-state index contributed by atoms with van der Waals surface area (Å²) >= 11 is 1.32. The summed E-state index contributed by atoms with van der Waals surface area (Å²) in [7, 11) is 1.26. The van der Waals surface area contributed by atoms with E-state index >= 15 is 0 Å². The first-order valence-electron chi connectivity index (χ1n) is 9.26. The van der Waals surface area contributed by atoms with Crippen molar-refractivity contribution in [2.75, 3.05) is 7.11 Å². The van der Waals surface area contributed by atoms with Gasteiger partial charge < -0.3 is 13.7 Å². The number of benzene rings is 2. The van der Waals surface area contributed by atoms with Crippen molar-refractivity contribution in [2.24, 2.45) is 0 Å². The number of imidazole rings is 1. The van der Waals surface area contributed by atoms with E-state index in [1.165, 1.54) is 31.0 Å². The van der Waals surface area contributed by atoms with E-state index in [1.54, 1.807) is 6.07 Å². The molecular formula is C22H17F3N2O3S. The van der Waals surface area contributed by atoms with Gasteiger partial charge in [-0.25, -0.2) is 9.78 Å². The molecule has 5 nitrogen and oxygen atoms in total. The third-order valence-corrected chi connectivity index (χ3v) is 5.61. The second kappa shape index (κ2) is 8.50. The molecule has 0 spiro atoms. The zero-order valence-corrected chi connectivity index (χ0v) is 17.2. The molecule has 4 aromatic rings. The summed E-state index contributed by atoms with van der Waals surface area (Å²) in [6, 6.07) is 16.3. The summed E-state index contributed by atoms with van der Waals surface area (Å²) in [6.07, 6.45) is -4.44. The Morgan fingerprint density at radius 2 is 1.90 bits per heavy atom. The van der Waals surface area contributed by atoms with Gasteiger partial charge in [0.25, 0.3) is 0 Å². The van der Waals surface area contributed by atoms with Crippen molar-refractivity contribution in [3.05, 3.63) is 83.3 Å². The van der Waals surface area contributed by atoms with E-state index in [-0.39, 0.29) is 11.3 Å². The van der Waals surface area contributed by atoms with Crippen LogP contribution >= 0.6 is 11.8 Å². The molecule has 2 aromatic carbocycles. The van der Waals surface area contributed by atoms with E-state index in [2.05, 4.69) is 9.72 Å². The van der Waals surface area contributed by atoms with Crippen molar-refractivity contribution >= 4 is 28.8 Å². The number of alkyl halides is 3. The lowest BCUT2D eigenvalue weighted by Gasteiger charge is -2.10. The Morgan fingerprint density at radius 3 is 2.61 bits per heavy atom. The normalized spacial score (nSPS) is 11.7. The van der Waals surface area contributed by atoms with Crippen molar-refractivity contribution in [1.29, 1.82) is 0 Å². The smallest absolute Gasteiger partial charge is 0.416 e. The van der Waals surface area contributed by atoms with Gasteiger partial charge in [0, 0.05) is 0 Å². The van der Waals surface area contributed by atoms with Crippen LogP contribution in [0.15, 0.2) is 70.2 Å². The third-order valence-electron chi connectivity index (χ3n) is 4.62. The summed E-state index contributed by atoms with van der Waals surface area (Å²) in [4.78, 5) is 16.0. The van der Waals surface area contributed by atoms with Gasteiger partial charge in [-0.05, 0) is 35.9 Å². The van der Waals surface area contributed by atoms with Crippen LogP contribution in [0.1, 0.15) is 27.4 Å². The van der Waals surface area contributed by atoms with Gasteiger partial charge in [-0.2, -0.15) is 13.2 Å². The molecule has 0 unspecified atom stereocenters. The van der Waals surface area contributed by atoms with E-state index in [0.29, 0.717) is 28.7 Å². The molecule has 0 amide bonds. The highest BCUT2D eigenvalue weighted by Gasteiger charge is 2.31. The van der Waals surface area contributed by atoms with E-state index in [1.807, 2.05) is 34.9 Å². The number of furan rings is 1. The molecule has 0 fully saturated rings. The van der Waals surface area contributed by atoms with Crippen LogP contribution in [-0.4, -0.2) is 22.6 Å². The summed E-state index contributed by atoms with van der Waals surface area (Å²) in [5, 5.41) is 0.550. The Kier molecular flexibility index (Phi) is 5.77. The number of thioether (sulfide) groups is 1. The lowest BCUT2D eigenvalue weighted by Crippen LogP contribution is -2.05. The maximum Gasteiger partial charge on any atom is 0.416 e. The predicted octanol–water partition coefficient (Wildman–Crippen LogP) is 5.78. The molecule has 0 N–H and O–H groups in total. The van der Waals surface area contributed by atoms with E-state index in [0.717, 1.165) is 17.7 Å². The number of carbonyl (C=O) groups is 1. The lowest BCUT2D eigenvalue weighted by molar-refractivity contribution is -0.137. The van der Waals surface area contributed by atoms with Crippen molar-refractivity contribution in [2.45, 2.75) is 23.6 Å². The molecule has 0 bridgehead atoms. The highest BCUT2D eigenvalue weighted by Crippen LogP contribution is 2.34. The maximum absolute atomic E-state index is 13.1. The van der Waals surface area contributed by atoms with Crippen LogP contribution in [0.25, 0.3) is 11.0 Å². The van der Waals surface area contributed by atoms with Crippen LogP contribution in [0.3, 0.4) is 0 Å². The number of aromatic nitrogens is 2. The molecule has 0 aliphatic carbocycles. The van der Waals surface area contributed by atoms with Crippen molar-refractivity contribution in [3.63, 3.8) is 0 Å². The quantitative estimate of drug-likeness (QED) is 0.278. The lowest BCUT2D eigenvalue weighted by atomic mass is 10.2. The summed E-state index contributed by atoms with van der Waals surface area (Å²) in [5.41, 5.74) is 1.13. The molecule has 2 aromatic heterocycles. The predicted molar refractivity (Wildman–Crippen MR) is 110 cm³/mol. The number of nitrogens with zero attached hydrogens (tertiary/aromatic N) is 2. The van der Waals surface area contributed by atoms with E-state index in [9.17, 15) is 18.0 Å². The van der Waals surface area contributed by atoms with Crippen molar-refractivity contribution in [3.8, 4) is 0 Å². The Bertz CT molecular complexity index is 1220. The number of rotatable bonds is 6. The van der Waals surface area contributed by atoms with Gasteiger partial charge in [-0.1, -0.05) is 42.1 Å². The first kappa shape index (κ1) is 21.0. The fourth-order valence-corrected chi connectivity index (χ4v) is 4.02. The van der Waals surface area contributed by atoms with Crippen LogP contribution in [0, 0.1) is 0 Å². The van der Waals surface area contributed by atoms with Crippen LogP contribution in [-0.2, 0) is 23.2 Å². The minimum absolute atomic E-state index is 0.0886. The molecule has 0 aliphatic heterocycles. The summed E-state index contributed by atoms with van der Waals surface area (Å²) < 4.78 is 51.4. The average molecular weight is 446 g/mol. The van der Waals surface area contributed by atoms with E-state index in [4.69, 9.17) is 4.42 Å². The molecule has 160 valence electrons. The van der Waals surface area contributed by atoms with Gasteiger partial charge >= 0.3 is 12.1 Å². The van der Waals surface area contributed by atoms with Gasteiger partial charge in [0.1, 0.15) is 5.76 Å². The fourth-order valence-electron chi connectivity index (χ4n) is 3.11. The second-order valence-corrected chi connectivity index (χ2v) is 7.66. The fraction of sp³-hybridized carbons (Fsp3) is 0.182. The van der Waals surface area contributed by atoms with Crippen molar-refractivity contribution in [1.82, 2.24) is 9.55 Å². The summed E-state index contributed by atoms with van der Waals surface area (Å²) in [6.45, 7) is 0.455. The molecule has 0 atom stereocenters. The summed E-state index contributed by atoms with van der Waals surface area (Å²) in [5.74, 6) is 0.388. The molecule has 0 saturated heterocycles. The SMILES string of the molecule is COC(=O)c1ccc(CSc2nc3cc(C(F)(F)F)ccc3n2Cc2ccccc2)o1. The number of esters is 1. The zero-order valence-electron chi connectivity index (χ0n) is 16.3. The zero-order chi connectivity index (χ0) is 22.0. The molecular weight excluding hydrogens is 429 g/mol. The van der Waals surface area contributed by atoms with Crippen LogP contribution < -0.4 is 0 Å². The second-order valence-electron chi connectivity index (χ2n) is 6.71. The first-order chi connectivity index (χ1) is 14.8. The molecule has 31 heavy (non-hydrogen) atoms. The molecule has 4 rings (SSSR count). The van der Waals surface area contributed by atoms with Gasteiger partial charge in [0.15, 0.2) is 5.16 Å². The number of methoxy groups -OCH3 is 1. The highest BCUT2D eigenvalue weighted by molar-refractivity contribution is 7.98. The molecule has 9 heteroatoms. The minimum atomic E-state index is -4.44. The van der Waals surface area contributed by atoms with Crippen LogP contribution in [0.4, 0.5) is 13.2 Å². The Balaban J connectivity index is 1.67. The van der Waals surface area contributed by atoms with Gasteiger partial charge in [-0.15, -0.1) is 0 Å². The Morgan fingerprint density at radius 1 is 1.13 bits per heavy atom. The van der Waals surface area contributed by atoms with Gasteiger partial charge in [0.2, 0.25) is 5.76 Å². The molecule has 0 radical (unpaired) electrons. The Labute approximate surface area is 179 Å². The standard InChI is InChI=1S/C22H17F3N2O3S/c1-29-20(28)19-10-8-16(30-19)13-31-21-26-17-11-15(22(23,24)25)7-9-18(17)27(21)12-14-5-3-2-4-6-14/h2-11H,12-13H2,1H3. The molecule has 0 aliphatic rings. The highest BCUT2D eigenvalue weighted by atomic mass is 32.2. The van der Waals surface area contributed by atoms with Crippen LogP contribution in [0.2, 0.25) is 0 Å². The largest absolute Gasteiger partial charge is 0.463 e. The monoisotopic (exact) mass is 446 g/mol. The molecule has 2 heterocycles. The number of fused-ring (bicyclic) bond motifs is 1. The number of ether oxygens (including phenoxy) is 1. The van der Waals surface area contributed by atoms with E-state index < -0.39 is 17.7 Å². The number of halogens is 3. The van der Waals surface area contributed by atoms with Crippen LogP contribution in [0.5, 0.6) is 0 Å². The average Bonchev–Trinajstić information content (AvgIpc) is 3.36. The van der Waals surface area contributed by atoms with Gasteiger partial charge in [-0.3, -0.25) is 0 Å². The minimum Gasteiger partial charge on any atom is -0.463 e. The van der Waals surface area contributed by atoms with Crippen molar-refractivity contribution < 1.29 is 27.1 Å².